The molecule has 0 aliphatic carbocycles. The fourth-order valence-corrected chi connectivity index (χ4v) is 4.31. The summed E-state index contributed by atoms with van der Waals surface area (Å²) in [6, 6.07) is 13.7. The standard InChI is InChI=1S/C26H33N5O2/c1-18-14-20(3)22(15-19(18)2)16-30-11-10-24-28-29-26(31(24)13-12-30)21(4)27-25(32)17-33-23-8-6-5-7-9-23/h5-9,14-15,21H,10-13,16-17H2,1-4H3,(H,27,32)/t21-/m0/s1. The van der Waals surface area contributed by atoms with Crippen molar-refractivity contribution >= 4 is 5.91 Å². The number of aryl methyl sites for hydroxylation is 3. The van der Waals surface area contributed by atoms with Gasteiger partial charge in [0.1, 0.15) is 11.6 Å². The molecule has 0 spiro atoms. The molecule has 33 heavy (non-hydrogen) atoms. The highest BCUT2D eigenvalue weighted by Crippen LogP contribution is 2.20. The molecule has 0 unspecified atom stereocenters. The van der Waals surface area contributed by atoms with Crippen LogP contribution in [0.3, 0.4) is 0 Å². The van der Waals surface area contributed by atoms with Gasteiger partial charge in [-0.25, -0.2) is 0 Å². The zero-order valence-electron chi connectivity index (χ0n) is 20.0. The summed E-state index contributed by atoms with van der Waals surface area (Å²) in [6.07, 6.45) is 0.842. The number of para-hydroxylation sites is 1. The summed E-state index contributed by atoms with van der Waals surface area (Å²) in [6.45, 7) is 12.0. The van der Waals surface area contributed by atoms with Crippen molar-refractivity contribution in [1.82, 2.24) is 25.0 Å². The number of carbonyl (C=O) groups is 1. The van der Waals surface area contributed by atoms with Crippen LogP contribution in [-0.4, -0.2) is 45.3 Å². The lowest BCUT2D eigenvalue weighted by Gasteiger charge is -2.22. The van der Waals surface area contributed by atoms with Crippen molar-refractivity contribution in [2.24, 2.45) is 0 Å². The van der Waals surface area contributed by atoms with E-state index in [0.29, 0.717) is 5.75 Å². The molecule has 1 aliphatic rings. The number of nitrogens with zero attached hydrogens (tertiary/aromatic N) is 4. The molecular weight excluding hydrogens is 414 g/mol. The fourth-order valence-electron chi connectivity index (χ4n) is 4.31. The van der Waals surface area contributed by atoms with E-state index in [1.54, 1.807) is 0 Å². The predicted octanol–water partition coefficient (Wildman–Crippen LogP) is 3.52. The third-order valence-electron chi connectivity index (χ3n) is 6.37. The van der Waals surface area contributed by atoms with Crippen LogP contribution in [0.25, 0.3) is 0 Å². The number of benzene rings is 2. The smallest absolute Gasteiger partial charge is 0.258 e. The Hall–Kier alpha value is -3.19. The lowest BCUT2D eigenvalue weighted by atomic mass is 10.0. The molecule has 0 radical (unpaired) electrons. The van der Waals surface area contributed by atoms with E-state index in [1.807, 2.05) is 37.3 Å². The van der Waals surface area contributed by atoms with Gasteiger partial charge in [-0.05, 0) is 62.1 Å². The molecule has 1 amide bonds. The number of amides is 1. The Morgan fingerprint density at radius 1 is 1.03 bits per heavy atom. The number of rotatable bonds is 7. The molecule has 7 heteroatoms. The van der Waals surface area contributed by atoms with E-state index in [2.05, 4.69) is 57.9 Å². The van der Waals surface area contributed by atoms with Crippen molar-refractivity contribution in [3.8, 4) is 5.75 Å². The topological polar surface area (TPSA) is 72.3 Å². The van der Waals surface area contributed by atoms with Gasteiger partial charge in [0, 0.05) is 32.6 Å². The van der Waals surface area contributed by atoms with Crippen LogP contribution in [-0.2, 0) is 24.3 Å². The van der Waals surface area contributed by atoms with Crippen molar-refractivity contribution < 1.29 is 9.53 Å². The highest BCUT2D eigenvalue weighted by Gasteiger charge is 2.23. The highest BCUT2D eigenvalue weighted by atomic mass is 16.5. The number of ether oxygens (including phenoxy) is 1. The zero-order chi connectivity index (χ0) is 23.4. The molecule has 2 aromatic carbocycles. The second-order valence-electron chi connectivity index (χ2n) is 8.91. The van der Waals surface area contributed by atoms with Crippen molar-refractivity contribution in [3.05, 3.63) is 76.4 Å². The number of hydrogen-bond donors (Lipinski definition) is 1. The number of nitrogens with one attached hydrogen (secondary N) is 1. The maximum atomic E-state index is 12.4. The Kier molecular flexibility index (Phi) is 7.08. The number of fused-ring (bicyclic) bond motifs is 1. The molecule has 174 valence electrons. The molecule has 1 atom stereocenters. The highest BCUT2D eigenvalue weighted by molar-refractivity contribution is 5.77. The van der Waals surface area contributed by atoms with Crippen LogP contribution in [0.5, 0.6) is 5.75 Å². The summed E-state index contributed by atoms with van der Waals surface area (Å²) in [5, 5.41) is 11.8. The van der Waals surface area contributed by atoms with Gasteiger partial charge in [0.05, 0.1) is 6.04 Å². The van der Waals surface area contributed by atoms with Gasteiger partial charge in [-0.1, -0.05) is 30.3 Å². The summed E-state index contributed by atoms with van der Waals surface area (Å²) in [4.78, 5) is 14.9. The van der Waals surface area contributed by atoms with Gasteiger partial charge in [0.25, 0.3) is 5.91 Å². The summed E-state index contributed by atoms with van der Waals surface area (Å²) < 4.78 is 7.72. The predicted molar refractivity (Wildman–Crippen MR) is 128 cm³/mol. The summed E-state index contributed by atoms with van der Waals surface area (Å²) >= 11 is 0. The van der Waals surface area contributed by atoms with Gasteiger partial charge in [-0.15, -0.1) is 10.2 Å². The first-order valence-electron chi connectivity index (χ1n) is 11.6. The first-order valence-corrected chi connectivity index (χ1v) is 11.6. The minimum atomic E-state index is -0.244. The van der Waals surface area contributed by atoms with Crippen LogP contribution in [0, 0.1) is 20.8 Å². The molecule has 0 saturated heterocycles. The summed E-state index contributed by atoms with van der Waals surface area (Å²) in [7, 11) is 0. The van der Waals surface area contributed by atoms with Gasteiger partial charge >= 0.3 is 0 Å². The van der Waals surface area contributed by atoms with Crippen LogP contribution in [0.1, 0.15) is 46.9 Å². The van der Waals surface area contributed by atoms with Crippen molar-refractivity contribution in [2.75, 3.05) is 19.7 Å². The van der Waals surface area contributed by atoms with Crippen LogP contribution >= 0.6 is 0 Å². The molecule has 4 rings (SSSR count). The lowest BCUT2D eigenvalue weighted by Crippen LogP contribution is -2.33. The Balaban J connectivity index is 1.35. The normalized spacial score (nSPS) is 14.9. The molecule has 0 bridgehead atoms. The maximum absolute atomic E-state index is 12.4. The van der Waals surface area contributed by atoms with Crippen molar-refractivity contribution in [1.29, 1.82) is 0 Å². The van der Waals surface area contributed by atoms with Gasteiger partial charge in [-0.2, -0.15) is 0 Å². The molecule has 2 heterocycles. The molecule has 7 nitrogen and oxygen atoms in total. The van der Waals surface area contributed by atoms with Crippen LogP contribution in [0.2, 0.25) is 0 Å². The molecular formula is C26H33N5O2. The summed E-state index contributed by atoms with van der Waals surface area (Å²) in [5.41, 5.74) is 5.41. The summed E-state index contributed by atoms with van der Waals surface area (Å²) in [5.74, 6) is 2.27. The Labute approximate surface area is 195 Å². The van der Waals surface area contributed by atoms with E-state index in [-0.39, 0.29) is 18.6 Å². The van der Waals surface area contributed by atoms with E-state index in [9.17, 15) is 4.79 Å². The van der Waals surface area contributed by atoms with Gasteiger partial charge in [-0.3, -0.25) is 9.69 Å². The van der Waals surface area contributed by atoms with E-state index in [0.717, 1.165) is 44.2 Å². The molecule has 3 aromatic rings. The maximum Gasteiger partial charge on any atom is 0.258 e. The first kappa shape index (κ1) is 23.0. The number of carbonyl (C=O) groups excluding carboxylic acids is 1. The van der Waals surface area contributed by atoms with Crippen LogP contribution in [0.15, 0.2) is 42.5 Å². The van der Waals surface area contributed by atoms with Crippen molar-refractivity contribution in [3.63, 3.8) is 0 Å². The largest absolute Gasteiger partial charge is 0.484 e. The Morgan fingerprint density at radius 2 is 1.79 bits per heavy atom. The monoisotopic (exact) mass is 447 g/mol. The van der Waals surface area contributed by atoms with Crippen molar-refractivity contribution in [2.45, 2.75) is 53.2 Å². The zero-order valence-corrected chi connectivity index (χ0v) is 20.0. The minimum absolute atomic E-state index is 0.0293. The molecule has 1 aromatic heterocycles. The second kappa shape index (κ2) is 10.2. The number of aromatic nitrogens is 3. The van der Waals surface area contributed by atoms with Crippen LogP contribution < -0.4 is 10.1 Å². The third-order valence-corrected chi connectivity index (χ3v) is 6.37. The molecule has 0 fully saturated rings. The number of hydrogen-bond acceptors (Lipinski definition) is 5. The van der Waals surface area contributed by atoms with Gasteiger partial charge in [0.2, 0.25) is 0 Å². The second-order valence-corrected chi connectivity index (χ2v) is 8.91. The van der Waals surface area contributed by atoms with Crippen LogP contribution in [0.4, 0.5) is 0 Å². The Bertz CT molecular complexity index is 1110. The first-order chi connectivity index (χ1) is 15.9. The average Bonchev–Trinajstić information content (AvgIpc) is 3.11. The third kappa shape index (κ3) is 5.60. The molecule has 0 saturated carbocycles. The quantitative estimate of drug-likeness (QED) is 0.600. The van der Waals surface area contributed by atoms with E-state index >= 15 is 0 Å². The SMILES string of the molecule is Cc1cc(C)c(CN2CCc3nnc([C@H](C)NC(=O)COc4ccccc4)n3CC2)cc1C. The van der Waals surface area contributed by atoms with Gasteiger partial charge < -0.3 is 14.6 Å². The molecule has 1 aliphatic heterocycles. The van der Waals surface area contributed by atoms with Gasteiger partial charge in [0.15, 0.2) is 12.4 Å². The van der Waals surface area contributed by atoms with E-state index < -0.39 is 0 Å². The molecule has 1 N–H and O–H groups in total. The van der Waals surface area contributed by atoms with E-state index in [4.69, 9.17) is 4.74 Å². The lowest BCUT2D eigenvalue weighted by molar-refractivity contribution is -0.123. The Morgan fingerprint density at radius 3 is 2.58 bits per heavy atom. The fraction of sp³-hybridized carbons (Fsp3) is 0.423. The average molecular weight is 448 g/mol. The minimum Gasteiger partial charge on any atom is -0.484 e. The van der Waals surface area contributed by atoms with E-state index in [1.165, 1.54) is 22.3 Å².